The van der Waals surface area contributed by atoms with E-state index in [4.69, 9.17) is 14.2 Å². The zero-order valence-electron chi connectivity index (χ0n) is 17.6. The molecule has 0 N–H and O–H groups in total. The molecule has 1 amide bonds. The molecule has 8 nitrogen and oxygen atoms in total. The van der Waals surface area contributed by atoms with Crippen LogP contribution in [0.2, 0.25) is 0 Å². The zero-order valence-corrected chi connectivity index (χ0v) is 18.4. The zero-order chi connectivity index (χ0) is 22.0. The van der Waals surface area contributed by atoms with Gasteiger partial charge in [-0.2, -0.15) is 0 Å². The van der Waals surface area contributed by atoms with Gasteiger partial charge in [-0.1, -0.05) is 0 Å². The Labute approximate surface area is 182 Å². The van der Waals surface area contributed by atoms with Crippen molar-refractivity contribution in [3.8, 4) is 17.2 Å². The van der Waals surface area contributed by atoms with E-state index in [9.17, 15) is 13.2 Å². The van der Waals surface area contributed by atoms with Gasteiger partial charge < -0.3 is 19.1 Å². The molecule has 166 valence electrons. The molecule has 0 aromatic heterocycles. The molecule has 2 aromatic carbocycles. The number of methoxy groups -OCH3 is 1. The van der Waals surface area contributed by atoms with Crippen LogP contribution in [0.3, 0.4) is 0 Å². The summed E-state index contributed by atoms with van der Waals surface area (Å²) in [6, 6.07) is 11.3. The fraction of sp³-hybridized carbons (Fsp3) is 0.409. The second-order valence-electron chi connectivity index (χ2n) is 7.43. The Morgan fingerprint density at radius 1 is 1.13 bits per heavy atom. The lowest BCUT2D eigenvalue weighted by Crippen LogP contribution is -2.45. The van der Waals surface area contributed by atoms with Gasteiger partial charge in [0.05, 0.1) is 17.7 Å². The Morgan fingerprint density at radius 2 is 1.84 bits per heavy atom. The Balaban J connectivity index is 1.55. The second-order valence-corrected chi connectivity index (χ2v) is 9.29. The number of anilines is 1. The molecular formula is C22H26N2O6S. The summed E-state index contributed by atoms with van der Waals surface area (Å²) in [7, 11) is -2.26. The van der Waals surface area contributed by atoms with Crippen molar-refractivity contribution in [3.63, 3.8) is 0 Å². The first-order valence-corrected chi connectivity index (χ1v) is 11.8. The summed E-state index contributed by atoms with van der Waals surface area (Å²) < 4.78 is 44.6. The first-order valence-electron chi connectivity index (χ1n) is 10.3. The van der Waals surface area contributed by atoms with Crippen LogP contribution in [0.25, 0.3) is 0 Å². The molecule has 9 heteroatoms. The van der Waals surface area contributed by atoms with Crippen molar-refractivity contribution in [3.05, 3.63) is 42.5 Å². The number of sulfonamides is 1. The summed E-state index contributed by atoms with van der Waals surface area (Å²) >= 11 is 0. The van der Waals surface area contributed by atoms with E-state index in [1.807, 2.05) is 0 Å². The van der Waals surface area contributed by atoms with Gasteiger partial charge in [0.15, 0.2) is 11.5 Å². The smallest absolute Gasteiger partial charge is 0.267 e. The maximum absolute atomic E-state index is 13.3. The fourth-order valence-electron chi connectivity index (χ4n) is 3.84. The molecule has 0 aliphatic carbocycles. The van der Waals surface area contributed by atoms with Crippen LogP contribution in [0.15, 0.2) is 47.4 Å². The Hall–Kier alpha value is -2.94. The van der Waals surface area contributed by atoms with E-state index in [1.54, 1.807) is 49.3 Å². The van der Waals surface area contributed by atoms with Crippen molar-refractivity contribution in [1.82, 2.24) is 4.90 Å². The molecule has 0 unspecified atom stereocenters. The molecule has 31 heavy (non-hydrogen) atoms. The number of benzene rings is 2. The van der Waals surface area contributed by atoms with Crippen LogP contribution in [0.1, 0.15) is 19.8 Å². The molecule has 1 fully saturated rings. The van der Waals surface area contributed by atoms with E-state index in [0.29, 0.717) is 22.9 Å². The van der Waals surface area contributed by atoms with E-state index in [1.165, 1.54) is 16.4 Å². The SMILES string of the molecule is CCN(c1ccc(OC)cc1)S(=O)(=O)c1ccc2c(c1)OC[C@@H](C(=O)N1CCCC1)O2. The number of rotatable bonds is 6. The van der Waals surface area contributed by atoms with Crippen LogP contribution in [-0.4, -0.2) is 58.7 Å². The van der Waals surface area contributed by atoms with Gasteiger partial charge in [-0.15, -0.1) is 0 Å². The number of amides is 1. The molecule has 4 rings (SSSR count). The average Bonchev–Trinajstić information content (AvgIpc) is 3.33. The summed E-state index contributed by atoms with van der Waals surface area (Å²) in [4.78, 5) is 14.5. The van der Waals surface area contributed by atoms with E-state index in [2.05, 4.69) is 0 Å². The molecule has 2 aliphatic rings. The highest BCUT2D eigenvalue weighted by Gasteiger charge is 2.33. The number of nitrogens with zero attached hydrogens (tertiary/aromatic N) is 2. The molecular weight excluding hydrogens is 420 g/mol. The molecule has 2 heterocycles. The van der Waals surface area contributed by atoms with Gasteiger partial charge >= 0.3 is 0 Å². The van der Waals surface area contributed by atoms with Crippen LogP contribution in [0.4, 0.5) is 5.69 Å². The highest BCUT2D eigenvalue weighted by Crippen LogP contribution is 2.36. The van der Waals surface area contributed by atoms with Crippen LogP contribution >= 0.6 is 0 Å². The summed E-state index contributed by atoms with van der Waals surface area (Å²) in [5.41, 5.74) is 0.537. The topological polar surface area (TPSA) is 85.4 Å². The van der Waals surface area contributed by atoms with E-state index in [0.717, 1.165) is 25.9 Å². The quantitative estimate of drug-likeness (QED) is 0.678. The number of ether oxygens (including phenoxy) is 3. The highest BCUT2D eigenvalue weighted by atomic mass is 32.2. The lowest BCUT2D eigenvalue weighted by atomic mass is 10.2. The van der Waals surface area contributed by atoms with Gasteiger partial charge in [0, 0.05) is 25.7 Å². The van der Waals surface area contributed by atoms with Crippen molar-refractivity contribution in [2.75, 3.05) is 37.7 Å². The van der Waals surface area contributed by atoms with E-state index >= 15 is 0 Å². The first kappa shape index (κ1) is 21.3. The lowest BCUT2D eigenvalue weighted by Gasteiger charge is -2.29. The monoisotopic (exact) mass is 446 g/mol. The van der Waals surface area contributed by atoms with Crippen LogP contribution < -0.4 is 18.5 Å². The number of fused-ring (bicyclic) bond motifs is 1. The van der Waals surface area contributed by atoms with Gasteiger partial charge in [-0.05, 0) is 56.2 Å². The summed E-state index contributed by atoms with van der Waals surface area (Å²) in [6.45, 7) is 3.56. The molecule has 0 bridgehead atoms. The van der Waals surface area contributed by atoms with Gasteiger partial charge in [-0.25, -0.2) is 8.42 Å². The third-order valence-electron chi connectivity index (χ3n) is 5.50. The van der Waals surface area contributed by atoms with Gasteiger partial charge in [0.2, 0.25) is 6.10 Å². The lowest BCUT2D eigenvalue weighted by molar-refractivity contribution is -0.140. The maximum Gasteiger partial charge on any atom is 0.267 e. The fourth-order valence-corrected chi connectivity index (χ4v) is 5.33. The van der Waals surface area contributed by atoms with Crippen molar-refractivity contribution in [1.29, 1.82) is 0 Å². The molecule has 1 saturated heterocycles. The predicted octanol–water partition coefficient (Wildman–Crippen LogP) is 2.67. The Kier molecular flexibility index (Phi) is 5.95. The van der Waals surface area contributed by atoms with E-state index in [-0.39, 0.29) is 24.0 Å². The van der Waals surface area contributed by atoms with Crippen molar-refractivity contribution in [2.24, 2.45) is 0 Å². The third-order valence-corrected chi connectivity index (χ3v) is 7.40. The molecule has 2 aromatic rings. The Bertz CT molecular complexity index is 1050. The van der Waals surface area contributed by atoms with Crippen molar-refractivity contribution >= 4 is 21.6 Å². The van der Waals surface area contributed by atoms with Gasteiger partial charge in [-0.3, -0.25) is 9.10 Å². The summed E-state index contributed by atoms with van der Waals surface area (Å²) in [6.07, 6.45) is 1.29. The number of likely N-dealkylation sites (tertiary alicyclic amines) is 1. The minimum absolute atomic E-state index is 0.0573. The summed E-state index contributed by atoms with van der Waals surface area (Å²) in [5.74, 6) is 1.25. The minimum atomic E-state index is -3.82. The number of hydrogen-bond acceptors (Lipinski definition) is 6. The Morgan fingerprint density at radius 3 is 2.48 bits per heavy atom. The number of carbonyl (C=O) groups is 1. The predicted molar refractivity (Wildman–Crippen MR) is 115 cm³/mol. The van der Waals surface area contributed by atoms with Crippen LogP contribution in [-0.2, 0) is 14.8 Å². The third kappa shape index (κ3) is 4.14. The van der Waals surface area contributed by atoms with Crippen molar-refractivity contribution in [2.45, 2.75) is 30.8 Å². The van der Waals surface area contributed by atoms with E-state index < -0.39 is 16.1 Å². The molecule has 0 spiro atoms. The van der Waals surface area contributed by atoms with Gasteiger partial charge in [0.1, 0.15) is 12.4 Å². The number of hydrogen-bond donors (Lipinski definition) is 0. The minimum Gasteiger partial charge on any atom is -0.497 e. The maximum atomic E-state index is 13.3. The highest BCUT2D eigenvalue weighted by molar-refractivity contribution is 7.92. The normalized spacial score (nSPS) is 18.0. The van der Waals surface area contributed by atoms with Crippen LogP contribution in [0, 0.1) is 0 Å². The van der Waals surface area contributed by atoms with Crippen LogP contribution in [0.5, 0.6) is 17.2 Å². The molecule has 2 aliphatic heterocycles. The first-order chi connectivity index (χ1) is 14.9. The standard InChI is InChI=1S/C22H26N2O6S/c1-3-24(16-6-8-17(28-2)9-7-16)31(26,27)18-10-11-19-20(14-18)29-15-21(30-19)22(25)23-12-4-5-13-23/h6-11,14,21H,3-5,12-13,15H2,1-2H3/t21-/m0/s1. The average molecular weight is 447 g/mol. The molecule has 1 atom stereocenters. The second kappa shape index (κ2) is 8.66. The van der Waals surface area contributed by atoms with Crippen molar-refractivity contribution < 1.29 is 27.4 Å². The van der Waals surface area contributed by atoms with Gasteiger partial charge in [0.25, 0.3) is 15.9 Å². The molecule has 0 radical (unpaired) electrons. The number of carbonyl (C=O) groups excluding carboxylic acids is 1. The summed E-state index contributed by atoms with van der Waals surface area (Å²) in [5, 5.41) is 0. The largest absolute Gasteiger partial charge is 0.497 e. The molecule has 0 saturated carbocycles.